The third-order valence-corrected chi connectivity index (χ3v) is 1.50. The summed E-state index contributed by atoms with van der Waals surface area (Å²) >= 11 is 0. The van der Waals surface area contributed by atoms with Crippen LogP contribution in [-0.2, 0) is 19.2 Å². The SMILES string of the molecule is O=C(O)CC=CCC(=O)O.O=C(O)CC=CCC(=O)O. The Morgan fingerprint density at radius 3 is 0.750 bits per heavy atom. The van der Waals surface area contributed by atoms with Crippen molar-refractivity contribution in [2.45, 2.75) is 25.7 Å². The van der Waals surface area contributed by atoms with Crippen LogP contribution in [0.25, 0.3) is 0 Å². The number of rotatable bonds is 8. The average Bonchev–Trinajstić information content (AvgIpc) is 2.30. The maximum atomic E-state index is 9.85. The van der Waals surface area contributed by atoms with Crippen molar-refractivity contribution < 1.29 is 39.6 Å². The van der Waals surface area contributed by atoms with Crippen molar-refractivity contribution in [1.29, 1.82) is 0 Å². The van der Waals surface area contributed by atoms with Gasteiger partial charge in [0.05, 0.1) is 25.7 Å². The van der Waals surface area contributed by atoms with Crippen molar-refractivity contribution in [2.75, 3.05) is 0 Å². The van der Waals surface area contributed by atoms with E-state index in [0.29, 0.717) is 0 Å². The van der Waals surface area contributed by atoms with Gasteiger partial charge in [-0.05, 0) is 0 Å². The van der Waals surface area contributed by atoms with Gasteiger partial charge in [0.2, 0.25) is 0 Å². The van der Waals surface area contributed by atoms with Gasteiger partial charge in [-0.3, -0.25) is 19.2 Å². The van der Waals surface area contributed by atoms with E-state index in [1.807, 2.05) is 0 Å². The number of carboxylic acid groups (broad SMARTS) is 4. The van der Waals surface area contributed by atoms with Crippen LogP contribution in [0.5, 0.6) is 0 Å². The molecule has 8 nitrogen and oxygen atoms in total. The molecule has 0 amide bonds. The Kier molecular flexibility index (Phi) is 12.6. The minimum Gasteiger partial charge on any atom is -0.481 e. The number of carboxylic acids is 4. The maximum absolute atomic E-state index is 9.85. The first kappa shape index (κ1) is 19.7. The predicted molar refractivity (Wildman–Crippen MR) is 67.3 cm³/mol. The molecule has 0 aromatic heterocycles. The molecule has 0 bridgehead atoms. The fourth-order valence-corrected chi connectivity index (χ4v) is 0.737. The van der Waals surface area contributed by atoms with E-state index in [1.54, 1.807) is 0 Å². The quantitative estimate of drug-likeness (QED) is 0.483. The zero-order valence-corrected chi connectivity index (χ0v) is 10.6. The second-order valence-electron chi connectivity index (χ2n) is 3.33. The van der Waals surface area contributed by atoms with E-state index in [-0.39, 0.29) is 25.7 Å². The molecule has 0 aliphatic rings. The van der Waals surface area contributed by atoms with E-state index in [0.717, 1.165) is 0 Å². The molecule has 0 heterocycles. The molecular weight excluding hydrogens is 272 g/mol. The Labute approximate surface area is 114 Å². The van der Waals surface area contributed by atoms with Gasteiger partial charge in [0.1, 0.15) is 0 Å². The van der Waals surface area contributed by atoms with E-state index >= 15 is 0 Å². The molecule has 4 N–H and O–H groups in total. The number of carbonyl (C=O) groups is 4. The summed E-state index contributed by atoms with van der Waals surface area (Å²) in [6, 6.07) is 0. The van der Waals surface area contributed by atoms with Crippen LogP contribution in [0.15, 0.2) is 24.3 Å². The minimum atomic E-state index is -0.957. The molecule has 0 spiro atoms. The lowest BCUT2D eigenvalue weighted by molar-refractivity contribution is -0.137. The molecule has 0 radical (unpaired) electrons. The van der Waals surface area contributed by atoms with Crippen LogP contribution >= 0.6 is 0 Å². The molecule has 0 aliphatic carbocycles. The third kappa shape index (κ3) is 24.5. The van der Waals surface area contributed by atoms with Gasteiger partial charge in [-0.25, -0.2) is 0 Å². The van der Waals surface area contributed by atoms with Gasteiger partial charge in [0.25, 0.3) is 0 Å². The standard InChI is InChI=1S/2C6H8O4/c2*7-5(8)3-1-2-4-6(9)10/h2*1-2H,3-4H2,(H,7,8)(H,9,10). The normalized spacial score (nSPS) is 10.0. The molecule has 0 saturated carbocycles. The van der Waals surface area contributed by atoms with Gasteiger partial charge in [0, 0.05) is 0 Å². The Balaban J connectivity index is 0. The zero-order chi connectivity index (χ0) is 16.0. The van der Waals surface area contributed by atoms with Gasteiger partial charge >= 0.3 is 23.9 Å². The molecule has 0 fully saturated rings. The molecule has 0 aromatic carbocycles. The molecule has 0 saturated heterocycles. The summed E-state index contributed by atoms with van der Waals surface area (Å²) in [7, 11) is 0. The van der Waals surface area contributed by atoms with Crippen LogP contribution in [0, 0.1) is 0 Å². The largest absolute Gasteiger partial charge is 0.481 e. The highest BCUT2D eigenvalue weighted by Crippen LogP contribution is 1.87. The molecule has 0 atom stereocenters. The summed E-state index contributed by atoms with van der Waals surface area (Å²) in [6.45, 7) is 0. The van der Waals surface area contributed by atoms with Crippen LogP contribution in [0.2, 0.25) is 0 Å². The predicted octanol–water partition coefficient (Wildman–Crippen LogP) is 0.984. The number of hydrogen-bond donors (Lipinski definition) is 4. The first-order valence-electron chi connectivity index (χ1n) is 5.42. The van der Waals surface area contributed by atoms with Crippen molar-refractivity contribution >= 4 is 23.9 Å². The van der Waals surface area contributed by atoms with Crippen molar-refractivity contribution in [3.05, 3.63) is 24.3 Å². The fraction of sp³-hybridized carbons (Fsp3) is 0.333. The summed E-state index contributed by atoms with van der Waals surface area (Å²) in [5.41, 5.74) is 0. The average molecular weight is 288 g/mol. The molecule has 0 aliphatic heterocycles. The van der Waals surface area contributed by atoms with Gasteiger partial charge in [-0.1, -0.05) is 24.3 Å². The molecule has 0 unspecified atom stereocenters. The second kappa shape index (κ2) is 12.8. The molecule has 20 heavy (non-hydrogen) atoms. The van der Waals surface area contributed by atoms with Crippen LogP contribution < -0.4 is 0 Å². The number of hydrogen-bond acceptors (Lipinski definition) is 4. The smallest absolute Gasteiger partial charge is 0.307 e. The monoisotopic (exact) mass is 288 g/mol. The van der Waals surface area contributed by atoms with E-state index in [1.165, 1.54) is 24.3 Å². The fourth-order valence-electron chi connectivity index (χ4n) is 0.737. The highest BCUT2D eigenvalue weighted by atomic mass is 16.4. The van der Waals surface area contributed by atoms with E-state index < -0.39 is 23.9 Å². The summed E-state index contributed by atoms with van der Waals surface area (Å²) in [5.74, 6) is -3.83. The van der Waals surface area contributed by atoms with Gasteiger partial charge in [0.15, 0.2) is 0 Å². The first-order valence-corrected chi connectivity index (χ1v) is 5.42. The van der Waals surface area contributed by atoms with Crippen molar-refractivity contribution in [1.82, 2.24) is 0 Å². The molecule has 112 valence electrons. The van der Waals surface area contributed by atoms with E-state index in [9.17, 15) is 19.2 Å². The molecule has 0 aromatic rings. The first-order chi connectivity index (χ1) is 9.25. The van der Waals surface area contributed by atoms with Crippen LogP contribution in [-0.4, -0.2) is 44.3 Å². The highest BCUT2D eigenvalue weighted by Gasteiger charge is 1.92. The van der Waals surface area contributed by atoms with Crippen LogP contribution in [0.1, 0.15) is 25.7 Å². The molecule has 0 rings (SSSR count). The summed E-state index contributed by atoms with van der Waals surface area (Å²) < 4.78 is 0. The highest BCUT2D eigenvalue weighted by molar-refractivity contribution is 5.71. The minimum absolute atomic E-state index is 0.118. The Morgan fingerprint density at radius 1 is 0.500 bits per heavy atom. The summed E-state index contributed by atoms with van der Waals surface area (Å²) in [4.78, 5) is 39.4. The number of aliphatic carboxylic acids is 4. The Bertz CT molecular complexity index is 320. The molecular formula is C12H16O8. The van der Waals surface area contributed by atoms with E-state index in [2.05, 4.69) is 0 Å². The van der Waals surface area contributed by atoms with Crippen LogP contribution in [0.3, 0.4) is 0 Å². The van der Waals surface area contributed by atoms with Crippen molar-refractivity contribution in [2.24, 2.45) is 0 Å². The Hall–Kier alpha value is -2.64. The van der Waals surface area contributed by atoms with Gasteiger partial charge in [-0.2, -0.15) is 0 Å². The lowest BCUT2D eigenvalue weighted by atomic mass is 10.3. The summed E-state index contributed by atoms with van der Waals surface area (Å²) in [6.07, 6.45) is 4.79. The van der Waals surface area contributed by atoms with Crippen molar-refractivity contribution in [3.63, 3.8) is 0 Å². The van der Waals surface area contributed by atoms with Crippen molar-refractivity contribution in [3.8, 4) is 0 Å². The summed E-state index contributed by atoms with van der Waals surface area (Å²) in [5, 5.41) is 32.3. The van der Waals surface area contributed by atoms with Gasteiger partial charge < -0.3 is 20.4 Å². The van der Waals surface area contributed by atoms with Gasteiger partial charge in [-0.15, -0.1) is 0 Å². The Morgan fingerprint density at radius 2 is 0.650 bits per heavy atom. The lowest BCUT2D eigenvalue weighted by Gasteiger charge is -1.83. The second-order valence-corrected chi connectivity index (χ2v) is 3.33. The lowest BCUT2D eigenvalue weighted by Crippen LogP contribution is -1.92. The van der Waals surface area contributed by atoms with E-state index in [4.69, 9.17) is 20.4 Å². The topological polar surface area (TPSA) is 149 Å². The van der Waals surface area contributed by atoms with Crippen LogP contribution in [0.4, 0.5) is 0 Å². The third-order valence-electron chi connectivity index (χ3n) is 1.50. The molecule has 8 heteroatoms. The maximum Gasteiger partial charge on any atom is 0.307 e. The zero-order valence-electron chi connectivity index (χ0n) is 10.6.